The van der Waals surface area contributed by atoms with Crippen LogP contribution in [0.4, 0.5) is 0 Å². The summed E-state index contributed by atoms with van der Waals surface area (Å²) in [5.74, 6) is 0. The van der Waals surface area contributed by atoms with Crippen LogP contribution in [0.2, 0.25) is 0 Å². The molecule has 0 amide bonds. The fourth-order valence-electron chi connectivity index (χ4n) is 9.30. The third-order valence-electron chi connectivity index (χ3n) is 11.7. The molecule has 0 heterocycles. The molecule has 250 valence electrons. The molecule has 0 nitrogen and oxygen atoms in total. The van der Waals surface area contributed by atoms with Crippen LogP contribution in [0.5, 0.6) is 0 Å². The lowest BCUT2D eigenvalue weighted by atomic mass is 9.85. The van der Waals surface area contributed by atoms with Gasteiger partial charge in [0.25, 0.3) is 0 Å². The molecule has 54 heavy (non-hydrogen) atoms. The van der Waals surface area contributed by atoms with E-state index in [4.69, 9.17) is 0 Å². The molecule has 0 unspecified atom stereocenters. The van der Waals surface area contributed by atoms with E-state index < -0.39 is 0 Å². The van der Waals surface area contributed by atoms with Crippen LogP contribution in [0.15, 0.2) is 195 Å². The third kappa shape index (κ3) is 4.38. The Morgan fingerprint density at radius 3 is 1.31 bits per heavy atom. The minimum atomic E-state index is 1.06. The van der Waals surface area contributed by atoms with Gasteiger partial charge in [-0.25, -0.2) is 0 Å². The highest BCUT2D eigenvalue weighted by molar-refractivity contribution is 6.24. The summed E-state index contributed by atoms with van der Waals surface area (Å²) in [7, 11) is 0. The van der Waals surface area contributed by atoms with Crippen molar-refractivity contribution >= 4 is 43.5 Å². The standard InChI is InChI=1S/C54H34/c1-3-14-38-33(2)39-21-12-22-44-40(25-27-47(38)53(39)44)36-29-49(34-15-6-4-7-16-34)52-32-37(30-50(51(52)31-36)35-17-8-5-9-18-35)41-26-28-48-43-20-11-10-19-42(43)46-24-13-23-45(41)54(46)48/h3-32H,1-2H2/b38-14+. The molecule has 0 heteroatoms. The molecular formula is C54H34. The molecule has 2 aliphatic carbocycles. The van der Waals surface area contributed by atoms with E-state index in [1.807, 2.05) is 6.08 Å². The smallest absolute Gasteiger partial charge is 0.00201 e. The first-order chi connectivity index (χ1) is 26.7. The molecule has 9 aromatic rings. The molecule has 0 aliphatic heterocycles. The Balaban J connectivity index is 1.22. The van der Waals surface area contributed by atoms with Crippen molar-refractivity contribution in [1.82, 2.24) is 0 Å². The highest BCUT2D eigenvalue weighted by Crippen LogP contribution is 2.51. The van der Waals surface area contributed by atoms with Gasteiger partial charge in [-0.05, 0) is 146 Å². The normalized spacial score (nSPS) is 13.3. The lowest BCUT2D eigenvalue weighted by Gasteiger charge is -2.19. The average molecular weight is 683 g/mol. The summed E-state index contributed by atoms with van der Waals surface area (Å²) in [6.07, 6.45) is 3.95. The minimum absolute atomic E-state index is 1.06. The Morgan fingerprint density at radius 2 is 0.759 bits per heavy atom. The van der Waals surface area contributed by atoms with Crippen molar-refractivity contribution in [3.63, 3.8) is 0 Å². The van der Waals surface area contributed by atoms with Crippen molar-refractivity contribution in [3.8, 4) is 66.8 Å². The molecule has 0 saturated heterocycles. The Bertz CT molecular complexity index is 3070. The number of rotatable bonds is 5. The van der Waals surface area contributed by atoms with E-state index in [2.05, 4.69) is 189 Å². The maximum absolute atomic E-state index is 4.50. The summed E-state index contributed by atoms with van der Waals surface area (Å²) >= 11 is 0. The van der Waals surface area contributed by atoms with Gasteiger partial charge in [0.15, 0.2) is 0 Å². The van der Waals surface area contributed by atoms with E-state index in [1.54, 1.807) is 0 Å². The van der Waals surface area contributed by atoms with Crippen molar-refractivity contribution in [2.75, 3.05) is 0 Å². The van der Waals surface area contributed by atoms with E-state index in [9.17, 15) is 0 Å². The van der Waals surface area contributed by atoms with E-state index >= 15 is 0 Å². The summed E-state index contributed by atoms with van der Waals surface area (Å²) in [6, 6.07) is 63.0. The lowest BCUT2D eigenvalue weighted by molar-refractivity contribution is 1.61. The van der Waals surface area contributed by atoms with E-state index in [0.717, 1.165) is 11.1 Å². The first-order valence-corrected chi connectivity index (χ1v) is 18.7. The van der Waals surface area contributed by atoms with E-state index in [-0.39, 0.29) is 0 Å². The Kier molecular flexibility index (Phi) is 6.66. The lowest BCUT2D eigenvalue weighted by Crippen LogP contribution is -1.92. The highest BCUT2D eigenvalue weighted by Gasteiger charge is 2.26. The van der Waals surface area contributed by atoms with Crippen LogP contribution in [0.25, 0.3) is 110 Å². The molecule has 9 aromatic carbocycles. The fourth-order valence-corrected chi connectivity index (χ4v) is 9.30. The summed E-state index contributed by atoms with van der Waals surface area (Å²) < 4.78 is 0. The zero-order chi connectivity index (χ0) is 35.9. The third-order valence-corrected chi connectivity index (χ3v) is 11.7. The van der Waals surface area contributed by atoms with Crippen molar-refractivity contribution < 1.29 is 0 Å². The largest absolute Gasteiger partial charge is 0.0990 e. The van der Waals surface area contributed by atoms with Crippen LogP contribution >= 0.6 is 0 Å². The maximum Gasteiger partial charge on any atom is -0.00201 e. The van der Waals surface area contributed by atoms with Crippen LogP contribution in [0, 0.1) is 0 Å². The zero-order valence-electron chi connectivity index (χ0n) is 29.7. The molecule has 0 N–H and O–H groups in total. The molecule has 0 bridgehead atoms. The molecule has 0 radical (unpaired) electrons. The number of benzene rings is 9. The molecule has 0 atom stereocenters. The quantitative estimate of drug-likeness (QED) is 0.169. The predicted octanol–water partition coefficient (Wildman–Crippen LogP) is 15.1. The fraction of sp³-hybridized carbons (Fsp3) is 0. The summed E-state index contributed by atoms with van der Waals surface area (Å²) in [5, 5.41) is 7.61. The Hall–Kier alpha value is -7.02. The SMILES string of the molecule is C=C/C=C1\C(=C)c2cccc3c(-c4cc(-c5ccccc5)c5cc(-c6ccc7c8c(cccc68)-c6ccccc6-7)cc(-c6ccccc6)c5c4)ccc1c23. The van der Waals surface area contributed by atoms with Crippen molar-refractivity contribution in [2.24, 2.45) is 0 Å². The van der Waals surface area contributed by atoms with Gasteiger partial charge in [0.05, 0.1) is 0 Å². The highest BCUT2D eigenvalue weighted by atomic mass is 14.3. The summed E-state index contributed by atoms with van der Waals surface area (Å²) in [6.45, 7) is 8.49. The summed E-state index contributed by atoms with van der Waals surface area (Å²) in [4.78, 5) is 0. The van der Waals surface area contributed by atoms with Gasteiger partial charge >= 0.3 is 0 Å². The van der Waals surface area contributed by atoms with Crippen LogP contribution in [-0.2, 0) is 0 Å². The minimum Gasteiger partial charge on any atom is -0.0990 e. The average Bonchev–Trinajstić information content (AvgIpc) is 3.71. The first kappa shape index (κ1) is 30.6. The van der Waals surface area contributed by atoms with Crippen LogP contribution < -0.4 is 0 Å². The van der Waals surface area contributed by atoms with Crippen molar-refractivity contribution in [1.29, 1.82) is 0 Å². The number of allylic oxidation sites excluding steroid dienone is 4. The van der Waals surface area contributed by atoms with Gasteiger partial charge in [-0.2, -0.15) is 0 Å². The van der Waals surface area contributed by atoms with E-state index in [0.29, 0.717) is 0 Å². The molecular weight excluding hydrogens is 649 g/mol. The number of hydrogen-bond donors (Lipinski definition) is 0. The second kappa shape index (κ2) is 11.7. The molecule has 0 fully saturated rings. The van der Waals surface area contributed by atoms with Gasteiger partial charge in [0.1, 0.15) is 0 Å². The molecule has 0 saturated carbocycles. The van der Waals surface area contributed by atoms with Crippen molar-refractivity contribution in [3.05, 3.63) is 206 Å². The topological polar surface area (TPSA) is 0 Å². The van der Waals surface area contributed by atoms with Crippen molar-refractivity contribution in [2.45, 2.75) is 0 Å². The Labute approximate surface area is 315 Å². The van der Waals surface area contributed by atoms with Crippen LogP contribution in [0.1, 0.15) is 11.1 Å². The van der Waals surface area contributed by atoms with Crippen LogP contribution in [-0.4, -0.2) is 0 Å². The van der Waals surface area contributed by atoms with Gasteiger partial charge < -0.3 is 0 Å². The first-order valence-electron chi connectivity index (χ1n) is 18.7. The van der Waals surface area contributed by atoms with Crippen LogP contribution in [0.3, 0.4) is 0 Å². The number of fused-ring (bicyclic) bond motifs is 4. The second-order valence-electron chi connectivity index (χ2n) is 14.5. The molecule has 2 aliphatic rings. The zero-order valence-corrected chi connectivity index (χ0v) is 29.7. The molecule has 0 aromatic heterocycles. The van der Waals surface area contributed by atoms with E-state index in [1.165, 1.54) is 110 Å². The van der Waals surface area contributed by atoms with Gasteiger partial charge in [0, 0.05) is 0 Å². The number of hydrogen-bond acceptors (Lipinski definition) is 0. The summed E-state index contributed by atoms with van der Waals surface area (Å²) in [5.41, 5.74) is 19.6. The maximum atomic E-state index is 4.50. The predicted molar refractivity (Wildman–Crippen MR) is 232 cm³/mol. The van der Waals surface area contributed by atoms with Gasteiger partial charge in [-0.1, -0.05) is 171 Å². The second-order valence-corrected chi connectivity index (χ2v) is 14.5. The van der Waals surface area contributed by atoms with Gasteiger partial charge in [-0.15, -0.1) is 0 Å². The molecule has 0 spiro atoms. The van der Waals surface area contributed by atoms with Gasteiger partial charge in [0.2, 0.25) is 0 Å². The monoisotopic (exact) mass is 682 g/mol. The molecule has 11 rings (SSSR count). The Morgan fingerprint density at radius 1 is 0.315 bits per heavy atom. The van der Waals surface area contributed by atoms with Gasteiger partial charge in [-0.3, -0.25) is 0 Å².